The SMILES string of the molecule is OC[C@H]1O[C@@H](n2cnc3c(O)ncnc32)C(OCc2ccc(Br)cc2)C1O. The van der Waals surface area contributed by atoms with E-state index in [1.54, 1.807) is 4.57 Å². The van der Waals surface area contributed by atoms with Gasteiger partial charge in [0.25, 0.3) is 0 Å². The number of halogens is 1. The molecular weight excluding hydrogens is 420 g/mol. The number of hydrogen-bond acceptors (Lipinski definition) is 8. The highest BCUT2D eigenvalue weighted by Gasteiger charge is 2.46. The van der Waals surface area contributed by atoms with Crippen LogP contribution in [-0.4, -0.2) is 59.8 Å². The molecule has 0 aliphatic carbocycles. The third-order valence-corrected chi connectivity index (χ3v) is 4.99. The molecule has 9 nitrogen and oxygen atoms in total. The smallest absolute Gasteiger partial charge is 0.242 e. The Morgan fingerprint density at radius 2 is 1.96 bits per heavy atom. The first-order valence-electron chi connectivity index (χ1n) is 8.25. The van der Waals surface area contributed by atoms with Crippen molar-refractivity contribution in [1.82, 2.24) is 19.5 Å². The minimum Gasteiger partial charge on any atom is -0.492 e. The molecule has 0 saturated carbocycles. The van der Waals surface area contributed by atoms with Crippen LogP contribution in [0.3, 0.4) is 0 Å². The highest BCUT2D eigenvalue weighted by molar-refractivity contribution is 9.10. The summed E-state index contributed by atoms with van der Waals surface area (Å²) in [6.07, 6.45) is -0.734. The first-order valence-corrected chi connectivity index (χ1v) is 9.04. The molecular formula is C17H17BrN4O5. The Bertz CT molecular complexity index is 935. The van der Waals surface area contributed by atoms with Crippen LogP contribution in [0.15, 0.2) is 41.4 Å². The summed E-state index contributed by atoms with van der Waals surface area (Å²) in [5.41, 5.74) is 1.48. The van der Waals surface area contributed by atoms with Crippen molar-refractivity contribution < 1.29 is 24.8 Å². The summed E-state index contributed by atoms with van der Waals surface area (Å²) >= 11 is 3.38. The van der Waals surface area contributed by atoms with E-state index in [4.69, 9.17) is 9.47 Å². The number of aliphatic hydroxyl groups is 2. The Balaban J connectivity index is 1.62. The van der Waals surface area contributed by atoms with Gasteiger partial charge in [0.15, 0.2) is 17.4 Å². The molecule has 10 heteroatoms. The van der Waals surface area contributed by atoms with Crippen molar-refractivity contribution in [2.45, 2.75) is 31.1 Å². The summed E-state index contributed by atoms with van der Waals surface area (Å²) in [7, 11) is 0. The Hall–Kier alpha value is -2.11. The van der Waals surface area contributed by atoms with Gasteiger partial charge in [0.2, 0.25) is 5.88 Å². The van der Waals surface area contributed by atoms with E-state index in [9.17, 15) is 15.3 Å². The van der Waals surface area contributed by atoms with Gasteiger partial charge in [-0.3, -0.25) is 4.57 Å². The van der Waals surface area contributed by atoms with Gasteiger partial charge >= 0.3 is 0 Å². The van der Waals surface area contributed by atoms with Crippen LogP contribution in [0.5, 0.6) is 5.88 Å². The molecule has 3 N–H and O–H groups in total. The van der Waals surface area contributed by atoms with Crippen molar-refractivity contribution >= 4 is 27.1 Å². The van der Waals surface area contributed by atoms with Crippen LogP contribution >= 0.6 is 15.9 Å². The Morgan fingerprint density at radius 1 is 1.19 bits per heavy atom. The number of imidazole rings is 1. The normalized spacial score (nSPS) is 25.3. The number of rotatable bonds is 5. The van der Waals surface area contributed by atoms with E-state index < -0.39 is 24.5 Å². The van der Waals surface area contributed by atoms with Crippen molar-refractivity contribution in [2.24, 2.45) is 0 Å². The second kappa shape index (κ2) is 7.49. The van der Waals surface area contributed by atoms with Crippen LogP contribution in [-0.2, 0) is 16.1 Å². The lowest BCUT2D eigenvalue weighted by Gasteiger charge is -2.22. The zero-order chi connectivity index (χ0) is 19.0. The molecule has 0 spiro atoms. The molecule has 2 aromatic heterocycles. The lowest BCUT2D eigenvalue weighted by Crippen LogP contribution is -2.35. The van der Waals surface area contributed by atoms with E-state index in [0.717, 1.165) is 10.0 Å². The number of nitrogens with zero attached hydrogens (tertiary/aromatic N) is 4. The standard InChI is InChI=1S/C17H17BrN4O5/c18-10-3-1-9(2-4-10)6-26-14-13(24)11(5-23)27-17(14)22-8-21-12-15(22)19-7-20-16(12)25/h1-4,7-8,11,13-14,17,23-24H,5-6H2,(H,19,20,25)/t11-,13?,14?,17-/m1/s1. The number of aromatic hydroxyl groups is 1. The van der Waals surface area contributed by atoms with Gasteiger partial charge in [-0.2, -0.15) is 4.98 Å². The molecule has 1 fully saturated rings. The molecule has 0 bridgehead atoms. The van der Waals surface area contributed by atoms with E-state index in [-0.39, 0.29) is 24.6 Å². The van der Waals surface area contributed by atoms with Crippen molar-refractivity contribution in [2.75, 3.05) is 6.61 Å². The van der Waals surface area contributed by atoms with Gasteiger partial charge in [-0.15, -0.1) is 0 Å². The molecule has 0 amide bonds. The Labute approximate surface area is 162 Å². The molecule has 3 heterocycles. The third-order valence-electron chi connectivity index (χ3n) is 4.46. The predicted octanol–water partition coefficient (Wildman–Crippen LogP) is 1.13. The third kappa shape index (κ3) is 3.42. The Kier molecular flexibility index (Phi) is 5.06. The fourth-order valence-corrected chi connectivity index (χ4v) is 3.34. The highest BCUT2D eigenvalue weighted by Crippen LogP contribution is 2.34. The molecule has 4 atom stereocenters. The largest absolute Gasteiger partial charge is 0.492 e. The molecule has 1 saturated heterocycles. The van der Waals surface area contributed by atoms with Crippen LogP contribution in [0.4, 0.5) is 0 Å². The van der Waals surface area contributed by atoms with E-state index in [2.05, 4.69) is 30.9 Å². The maximum atomic E-state index is 10.5. The van der Waals surface area contributed by atoms with Crippen LogP contribution in [0.2, 0.25) is 0 Å². The summed E-state index contributed by atoms with van der Waals surface area (Å²) in [6.45, 7) is -0.109. The van der Waals surface area contributed by atoms with Gasteiger partial charge < -0.3 is 24.8 Å². The minimum absolute atomic E-state index is 0.217. The highest BCUT2D eigenvalue weighted by atomic mass is 79.9. The van der Waals surface area contributed by atoms with Crippen LogP contribution in [0, 0.1) is 0 Å². The maximum Gasteiger partial charge on any atom is 0.242 e. The van der Waals surface area contributed by atoms with Gasteiger partial charge in [-0.05, 0) is 17.7 Å². The van der Waals surface area contributed by atoms with E-state index in [0.29, 0.717) is 5.65 Å². The fourth-order valence-electron chi connectivity index (χ4n) is 3.07. The Morgan fingerprint density at radius 3 is 2.70 bits per heavy atom. The quantitative estimate of drug-likeness (QED) is 0.543. The van der Waals surface area contributed by atoms with Crippen molar-refractivity contribution in [3.05, 3.63) is 47.0 Å². The van der Waals surface area contributed by atoms with E-state index in [1.165, 1.54) is 12.7 Å². The number of hydrogen-bond donors (Lipinski definition) is 3. The average molecular weight is 437 g/mol. The molecule has 2 unspecified atom stereocenters. The first-order chi connectivity index (χ1) is 13.1. The molecule has 27 heavy (non-hydrogen) atoms. The lowest BCUT2D eigenvalue weighted by atomic mass is 10.1. The van der Waals surface area contributed by atoms with E-state index >= 15 is 0 Å². The van der Waals surface area contributed by atoms with Crippen molar-refractivity contribution in [3.63, 3.8) is 0 Å². The molecule has 142 valence electrons. The molecule has 1 aliphatic heterocycles. The molecule has 1 aromatic carbocycles. The molecule has 1 aliphatic rings. The first kappa shape index (κ1) is 18.3. The summed E-state index contributed by atoms with van der Waals surface area (Å²) < 4.78 is 14.2. The zero-order valence-corrected chi connectivity index (χ0v) is 15.6. The van der Waals surface area contributed by atoms with Crippen molar-refractivity contribution in [3.8, 4) is 5.88 Å². The second-order valence-corrected chi connectivity index (χ2v) is 7.08. The van der Waals surface area contributed by atoms with Crippen molar-refractivity contribution in [1.29, 1.82) is 0 Å². The molecule has 0 radical (unpaired) electrons. The van der Waals surface area contributed by atoms with Gasteiger partial charge in [-0.1, -0.05) is 28.1 Å². The van der Waals surface area contributed by atoms with E-state index in [1.807, 2.05) is 24.3 Å². The summed E-state index contributed by atoms with van der Waals surface area (Å²) in [6, 6.07) is 7.61. The maximum absolute atomic E-state index is 10.5. The number of ether oxygens (including phenoxy) is 2. The number of fused-ring (bicyclic) bond motifs is 1. The predicted molar refractivity (Wildman–Crippen MR) is 96.7 cm³/mol. The van der Waals surface area contributed by atoms with Gasteiger partial charge in [0.05, 0.1) is 19.5 Å². The van der Waals surface area contributed by atoms with Crippen LogP contribution in [0.25, 0.3) is 11.2 Å². The number of aliphatic hydroxyl groups excluding tert-OH is 2. The fraction of sp³-hybridized carbons (Fsp3) is 0.353. The molecule has 4 rings (SSSR count). The summed E-state index contributed by atoms with van der Waals surface area (Å²) in [5.74, 6) is -0.247. The average Bonchev–Trinajstić information content (AvgIpc) is 3.23. The monoisotopic (exact) mass is 436 g/mol. The van der Waals surface area contributed by atoms with Crippen LogP contribution in [0.1, 0.15) is 11.8 Å². The second-order valence-electron chi connectivity index (χ2n) is 6.16. The van der Waals surface area contributed by atoms with Crippen LogP contribution < -0.4 is 0 Å². The topological polar surface area (TPSA) is 123 Å². The summed E-state index contributed by atoms with van der Waals surface area (Å²) in [5, 5.41) is 29.9. The van der Waals surface area contributed by atoms with Gasteiger partial charge in [0, 0.05) is 4.47 Å². The van der Waals surface area contributed by atoms with Gasteiger partial charge in [-0.25, -0.2) is 9.97 Å². The van der Waals surface area contributed by atoms with Gasteiger partial charge in [0.1, 0.15) is 24.6 Å². The minimum atomic E-state index is -1.04. The summed E-state index contributed by atoms with van der Waals surface area (Å²) in [4.78, 5) is 11.9. The zero-order valence-electron chi connectivity index (χ0n) is 14.0. The number of aromatic nitrogens is 4. The lowest BCUT2D eigenvalue weighted by molar-refractivity contribution is -0.0761. The number of benzene rings is 1. The molecule has 3 aromatic rings.